The predicted molar refractivity (Wildman–Crippen MR) is 94.6 cm³/mol. The van der Waals surface area contributed by atoms with Crippen molar-refractivity contribution >= 4 is 23.5 Å². The first-order valence-electron chi connectivity index (χ1n) is 7.24. The first-order chi connectivity index (χ1) is 11.1. The lowest BCUT2D eigenvalue weighted by atomic mass is 10.2. The summed E-state index contributed by atoms with van der Waals surface area (Å²) in [4.78, 5) is 17.0. The summed E-state index contributed by atoms with van der Waals surface area (Å²) in [5.41, 5.74) is 3.63. The van der Waals surface area contributed by atoms with E-state index in [9.17, 15) is 4.79 Å². The number of aromatic amines is 1. The molecule has 0 saturated heterocycles. The lowest BCUT2D eigenvalue weighted by Gasteiger charge is -2.04. The van der Waals surface area contributed by atoms with E-state index < -0.39 is 0 Å². The molecule has 5 heteroatoms. The van der Waals surface area contributed by atoms with Crippen LogP contribution in [0.5, 0.6) is 0 Å². The van der Waals surface area contributed by atoms with Gasteiger partial charge in [-0.2, -0.15) is 0 Å². The number of H-pyrrole nitrogens is 1. The molecule has 4 nitrogen and oxygen atoms in total. The molecule has 1 aromatic heterocycles. The Balaban J connectivity index is 2.04. The van der Waals surface area contributed by atoms with Crippen molar-refractivity contribution in [2.75, 3.05) is 0 Å². The number of benzene rings is 2. The minimum Gasteiger partial charge on any atom is -0.295 e. The van der Waals surface area contributed by atoms with Gasteiger partial charge in [0.05, 0.1) is 22.0 Å². The number of halogens is 1. The van der Waals surface area contributed by atoms with Crippen molar-refractivity contribution in [3.8, 4) is 5.69 Å². The molecule has 0 aliphatic rings. The highest BCUT2D eigenvalue weighted by Crippen LogP contribution is 2.23. The summed E-state index contributed by atoms with van der Waals surface area (Å²) in [5.74, 6) is 0. The SMILES string of the molecule is Cc1ccccc1-n1[nH]c(C)c(C=Nc2ccccc2Cl)c1=O. The normalized spacial score (nSPS) is 11.3. The molecule has 0 unspecified atom stereocenters. The Morgan fingerprint density at radius 1 is 1.09 bits per heavy atom. The van der Waals surface area contributed by atoms with E-state index in [1.54, 1.807) is 23.0 Å². The first kappa shape index (κ1) is 15.3. The third-order valence-corrected chi connectivity index (χ3v) is 3.98. The topological polar surface area (TPSA) is 50.1 Å². The fourth-order valence-electron chi connectivity index (χ4n) is 2.39. The number of aromatic nitrogens is 2. The van der Waals surface area contributed by atoms with Crippen molar-refractivity contribution in [3.05, 3.63) is 80.7 Å². The van der Waals surface area contributed by atoms with Crippen molar-refractivity contribution in [3.63, 3.8) is 0 Å². The van der Waals surface area contributed by atoms with E-state index in [0.717, 1.165) is 16.9 Å². The summed E-state index contributed by atoms with van der Waals surface area (Å²) < 4.78 is 1.54. The zero-order valence-corrected chi connectivity index (χ0v) is 13.6. The van der Waals surface area contributed by atoms with Crippen molar-refractivity contribution in [1.82, 2.24) is 9.78 Å². The molecule has 0 spiro atoms. The van der Waals surface area contributed by atoms with Crippen LogP contribution in [0.15, 0.2) is 58.3 Å². The van der Waals surface area contributed by atoms with Gasteiger partial charge in [0.25, 0.3) is 5.56 Å². The van der Waals surface area contributed by atoms with Crippen LogP contribution < -0.4 is 5.56 Å². The third kappa shape index (κ3) is 2.98. The van der Waals surface area contributed by atoms with Gasteiger partial charge in [0, 0.05) is 11.9 Å². The molecule has 0 saturated carbocycles. The number of nitrogens with one attached hydrogen (secondary N) is 1. The Kier molecular flexibility index (Phi) is 4.17. The molecule has 0 amide bonds. The van der Waals surface area contributed by atoms with Crippen LogP contribution in [-0.2, 0) is 0 Å². The maximum Gasteiger partial charge on any atom is 0.280 e. The van der Waals surface area contributed by atoms with Crippen LogP contribution in [0.1, 0.15) is 16.8 Å². The Labute approximate surface area is 139 Å². The monoisotopic (exact) mass is 325 g/mol. The number of para-hydroxylation sites is 2. The van der Waals surface area contributed by atoms with E-state index in [1.165, 1.54) is 0 Å². The first-order valence-corrected chi connectivity index (χ1v) is 7.62. The van der Waals surface area contributed by atoms with Crippen LogP contribution in [0.2, 0.25) is 5.02 Å². The second-order valence-electron chi connectivity index (χ2n) is 5.29. The molecular formula is C18H16ClN3O. The van der Waals surface area contributed by atoms with Gasteiger partial charge in [-0.25, -0.2) is 4.68 Å². The van der Waals surface area contributed by atoms with Crippen molar-refractivity contribution < 1.29 is 0 Å². The number of rotatable bonds is 3. The number of hydrogen-bond donors (Lipinski definition) is 1. The minimum atomic E-state index is -0.132. The van der Waals surface area contributed by atoms with E-state index in [0.29, 0.717) is 16.3 Å². The third-order valence-electron chi connectivity index (χ3n) is 3.66. The Morgan fingerprint density at radius 2 is 1.78 bits per heavy atom. The molecule has 3 rings (SSSR count). The van der Waals surface area contributed by atoms with Gasteiger partial charge in [0.2, 0.25) is 0 Å². The van der Waals surface area contributed by atoms with Gasteiger partial charge in [-0.15, -0.1) is 0 Å². The smallest absolute Gasteiger partial charge is 0.280 e. The summed E-state index contributed by atoms with van der Waals surface area (Å²) in [6.45, 7) is 3.82. The Morgan fingerprint density at radius 3 is 2.52 bits per heavy atom. The molecular weight excluding hydrogens is 310 g/mol. The summed E-state index contributed by atoms with van der Waals surface area (Å²) in [5, 5.41) is 3.65. The van der Waals surface area contributed by atoms with Gasteiger partial charge < -0.3 is 0 Å². The van der Waals surface area contributed by atoms with Crippen molar-refractivity contribution in [2.45, 2.75) is 13.8 Å². The number of hydrogen-bond acceptors (Lipinski definition) is 2. The zero-order chi connectivity index (χ0) is 16.4. The predicted octanol–water partition coefficient (Wildman–Crippen LogP) is 4.19. The van der Waals surface area contributed by atoms with Crippen LogP contribution in [0.3, 0.4) is 0 Å². The average Bonchev–Trinajstić information content (AvgIpc) is 2.82. The standard InChI is InChI=1S/C18H16ClN3O/c1-12-7-3-6-10-17(12)22-18(23)14(13(2)21-22)11-20-16-9-5-4-8-15(16)19/h3-11,21H,1-2H3. The molecule has 1 N–H and O–H groups in total. The Hall–Kier alpha value is -2.59. The maximum absolute atomic E-state index is 12.7. The molecule has 0 aliphatic carbocycles. The van der Waals surface area contributed by atoms with E-state index in [2.05, 4.69) is 10.1 Å². The molecule has 116 valence electrons. The van der Waals surface area contributed by atoms with Crippen LogP contribution in [-0.4, -0.2) is 16.0 Å². The van der Waals surface area contributed by atoms with Gasteiger partial charge in [-0.05, 0) is 37.6 Å². The summed E-state index contributed by atoms with van der Waals surface area (Å²) in [7, 11) is 0. The molecule has 3 aromatic rings. The van der Waals surface area contributed by atoms with Gasteiger partial charge in [0.15, 0.2) is 0 Å². The van der Waals surface area contributed by atoms with Gasteiger partial charge in [0.1, 0.15) is 0 Å². The van der Waals surface area contributed by atoms with Crippen LogP contribution in [0, 0.1) is 13.8 Å². The van der Waals surface area contributed by atoms with Gasteiger partial charge in [-0.3, -0.25) is 14.9 Å². The highest BCUT2D eigenvalue weighted by Gasteiger charge is 2.12. The molecule has 0 radical (unpaired) electrons. The van der Waals surface area contributed by atoms with E-state index in [-0.39, 0.29) is 5.56 Å². The average molecular weight is 326 g/mol. The second-order valence-corrected chi connectivity index (χ2v) is 5.69. The highest BCUT2D eigenvalue weighted by molar-refractivity contribution is 6.33. The fourth-order valence-corrected chi connectivity index (χ4v) is 2.57. The van der Waals surface area contributed by atoms with Crippen LogP contribution >= 0.6 is 11.6 Å². The van der Waals surface area contributed by atoms with Crippen LogP contribution in [0.4, 0.5) is 5.69 Å². The number of aryl methyl sites for hydroxylation is 2. The minimum absolute atomic E-state index is 0.132. The van der Waals surface area contributed by atoms with E-state index >= 15 is 0 Å². The summed E-state index contributed by atoms with van der Waals surface area (Å²) in [6.07, 6.45) is 1.56. The molecule has 2 aromatic carbocycles. The van der Waals surface area contributed by atoms with Gasteiger partial charge >= 0.3 is 0 Å². The number of aliphatic imine (C=N–C) groups is 1. The number of nitrogens with zero attached hydrogens (tertiary/aromatic N) is 2. The quantitative estimate of drug-likeness (QED) is 0.721. The van der Waals surface area contributed by atoms with E-state index in [4.69, 9.17) is 11.6 Å². The van der Waals surface area contributed by atoms with Crippen molar-refractivity contribution in [1.29, 1.82) is 0 Å². The summed E-state index contributed by atoms with van der Waals surface area (Å²) >= 11 is 6.09. The molecule has 0 aliphatic heterocycles. The lowest BCUT2D eigenvalue weighted by molar-refractivity contribution is 0.829. The lowest BCUT2D eigenvalue weighted by Crippen LogP contribution is -2.18. The molecule has 23 heavy (non-hydrogen) atoms. The largest absolute Gasteiger partial charge is 0.295 e. The summed E-state index contributed by atoms with van der Waals surface area (Å²) in [6, 6.07) is 15.0. The van der Waals surface area contributed by atoms with Crippen molar-refractivity contribution in [2.24, 2.45) is 4.99 Å². The molecule has 0 atom stereocenters. The molecule has 0 fully saturated rings. The molecule has 0 bridgehead atoms. The molecule has 1 heterocycles. The van der Waals surface area contributed by atoms with Crippen LogP contribution in [0.25, 0.3) is 5.69 Å². The maximum atomic E-state index is 12.7. The fraction of sp³-hybridized carbons (Fsp3) is 0.111. The highest BCUT2D eigenvalue weighted by atomic mass is 35.5. The second kappa shape index (κ2) is 6.26. The van der Waals surface area contributed by atoms with Gasteiger partial charge in [-0.1, -0.05) is 41.9 Å². The Bertz CT molecular complexity index is 937. The zero-order valence-electron chi connectivity index (χ0n) is 12.9. The van der Waals surface area contributed by atoms with E-state index in [1.807, 2.05) is 50.2 Å².